The van der Waals surface area contributed by atoms with Gasteiger partial charge in [-0.3, -0.25) is 9.69 Å². The Labute approximate surface area is 168 Å². The third-order valence-electron chi connectivity index (χ3n) is 5.62. The number of amides is 1. The maximum absolute atomic E-state index is 12.5. The summed E-state index contributed by atoms with van der Waals surface area (Å²) in [5.41, 5.74) is 1.14. The second-order valence-electron chi connectivity index (χ2n) is 7.81. The van der Waals surface area contributed by atoms with Gasteiger partial charge < -0.3 is 19.5 Å². The molecule has 1 aromatic heterocycles. The molecule has 0 aromatic carbocycles. The van der Waals surface area contributed by atoms with E-state index in [0.717, 1.165) is 81.7 Å². The molecule has 1 aromatic rings. The van der Waals surface area contributed by atoms with Crippen LogP contribution in [0.3, 0.4) is 0 Å². The number of nitrogens with zero attached hydrogens (tertiary/aromatic N) is 4. The first-order valence-electron chi connectivity index (χ1n) is 10.7. The molecule has 0 saturated carbocycles. The Morgan fingerprint density at radius 3 is 2.39 bits per heavy atom. The lowest BCUT2D eigenvalue weighted by Gasteiger charge is -2.37. The van der Waals surface area contributed by atoms with Crippen molar-refractivity contribution in [1.29, 1.82) is 0 Å². The molecule has 2 aliphatic rings. The van der Waals surface area contributed by atoms with E-state index in [4.69, 9.17) is 9.41 Å². The summed E-state index contributed by atoms with van der Waals surface area (Å²) >= 11 is 0. The lowest BCUT2D eigenvalue weighted by atomic mass is 10.1. The van der Waals surface area contributed by atoms with E-state index in [2.05, 4.69) is 28.1 Å². The van der Waals surface area contributed by atoms with Crippen LogP contribution >= 0.6 is 0 Å². The maximum Gasteiger partial charge on any atom is 0.236 e. The third kappa shape index (κ3) is 5.50. The molecule has 0 unspecified atom stereocenters. The zero-order chi connectivity index (χ0) is 19.9. The van der Waals surface area contributed by atoms with Crippen LogP contribution in [0.15, 0.2) is 15.5 Å². The van der Waals surface area contributed by atoms with Crippen LogP contribution in [0.1, 0.15) is 43.3 Å². The average Bonchev–Trinajstić information content (AvgIpc) is 3.03. The van der Waals surface area contributed by atoms with Gasteiger partial charge in [-0.05, 0) is 46.1 Å². The number of hydrogen-bond donors (Lipinski definition) is 1. The number of carbonyl (C=O) groups excluding carboxylic acids is 1. The lowest BCUT2D eigenvalue weighted by molar-refractivity contribution is -0.133. The molecule has 2 saturated heterocycles. The molecule has 0 bridgehead atoms. The summed E-state index contributed by atoms with van der Waals surface area (Å²) in [7, 11) is 0. The van der Waals surface area contributed by atoms with E-state index in [0.29, 0.717) is 19.0 Å². The van der Waals surface area contributed by atoms with Gasteiger partial charge in [-0.2, -0.15) is 0 Å². The fraction of sp³-hybridized carbons (Fsp3) is 0.714. The van der Waals surface area contributed by atoms with Gasteiger partial charge in [0.2, 0.25) is 5.91 Å². The maximum atomic E-state index is 12.5. The van der Waals surface area contributed by atoms with Gasteiger partial charge in [0.15, 0.2) is 5.96 Å². The monoisotopic (exact) mass is 389 g/mol. The number of rotatable bonds is 5. The van der Waals surface area contributed by atoms with Crippen molar-refractivity contribution in [3.05, 3.63) is 23.2 Å². The predicted octanol–water partition coefficient (Wildman–Crippen LogP) is 1.99. The van der Waals surface area contributed by atoms with Crippen molar-refractivity contribution in [3.8, 4) is 0 Å². The summed E-state index contributed by atoms with van der Waals surface area (Å²) in [5, 5.41) is 3.41. The molecule has 3 heterocycles. The highest BCUT2D eigenvalue weighted by Crippen LogP contribution is 2.15. The van der Waals surface area contributed by atoms with Crippen LogP contribution in [0.4, 0.5) is 0 Å². The van der Waals surface area contributed by atoms with Crippen molar-refractivity contribution in [2.45, 2.75) is 46.6 Å². The van der Waals surface area contributed by atoms with E-state index >= 15 is 0 Å². The second kappa shape index (κ2) is 9.96. The summed E-state index contributed by atoms with van der Waals surface area (Å²) in [6.45, 7) is 13.5. The molecule has 0 aliphatic carbocycles. The van der Waals surface area contributed by atoms with E-state index in [1.807, 2.05) is 18.7 Å². The lowest BCUT2D eigenvalue weighted by Crippen LogP contribution is -2.54. The molecule has 0 spiro atoms. The van der Waals surface area contributed by atoms with E-state index < -0.39 is 0 Å². The smallest absolute Gasteiger partial charge is 0.236 e. The third-order valence-corrected chi connectivity index (χ3v) is 5.62. The zero-order valence-corrected chi connectivity index (χ0v) is 17.7. The summed E-state index contributed by atoms with van der Waals surface area (Å²) in [4.78, 5) is 23.9. The molecule has 28 heavy (non-hydrogen) atoms. The quantitative estimate of drug-likeness (QED) is 0.616. The van der Waals surface area contributed by atoms with E-state index in [1.165, 1.54) is 6.42 Å². The van der Waals surface area contributed by atoms with E-state index in [-0.39, 0.29) is 0 Å². The van der Waals surface area contributed by atoms with Crippen LogP contribution in [-0.4, -0.2) is 78.9 Å². The highest BCUT2D eigenvalue weighted by molar-refractivity contribution is 5.80. The zero-order valence-electron chi connectivity index (χ0n) is 17.7. The number of piperidine rings is 1. The Hall–Kier alpha value is -2.02. The molecule has 1 amide bonds. The van der Waals surface area contributed by atoms with Crippen LogP contribution in [0.5, 0.6) is 0 Å². The minimum Gasteiger partial charge on any atom is -0.466 e. The van der Waals surface area contributed by atoms with Crippen molar-refractivity contribution in [2.24, 2.45) is 4.99 Å². The standard InChI is InChI=1S/C21H35N5O2/c1-4-22-21(23-15-19-14-17(2)28-18(19)3)26-12-10-24(11-13-26)16-20(27)25-8-6-5-7-9-25/h14H,4-13,15-16H2,1-3H3,(H,22,23). The van der Waals surface area contributed by atoms with Gasteiger partial charge in [-0.25, -0.2) is 4.99 Å². The minimum absolute atomic E-state index is 0.291. The van der Waals surface area contributed by atoms with Crippen LogP contribution in [0.2, 0.25) is 0 Å². The minimum atomic E-state index is 0.291. The molecule has 2 fully saturated rings. The Morgan fingerprint density at radius 1 is 1.07 bits per heavy atom. The average molecular weight is 390 g/mol. The molecule has 7 nitrogen and oxygen atoms in total. The number of furan rings is 1. The van der Waals surface area contributed by atoms with Crippen molar-refractivity contribution < 1.29 is 9.21 Å². The molecule has 2 aliphatic heterocycles. The number of nitrogens with one attached hydrogen (secondary N) is 1. The number of guanidine groups is 1. The highest BCUT2D eigenvalue weighted by atomic mass is 16.3. The predicted molar refractivity (Wildman–Crippen MR) is 111 cm³/mol. The van der Waals surface area contributed by atoms with Crippen LogP contribution in [-0.2, 0) is 11.3 Å². The number of piperazine rings is 1. The topological polar surface area (TPSA) is 64.3 Å². The van der Waals surface area contributed by atoms with Crippen molar-refractivity contribution in [2.75, 3.05) is 52.4 Å². The van der Waals surface area contributed by atoms with Crippen LogP contribution in [0.25, 0.3) is 0 Å². The van der Waals surface area contributed by atoms with Gasteiger partial charge in [0, 0.05) is 51.4 Å². The van der Waals surface area contributed by atoms with Gasteiger partial charge in [0.25, 0.3) is 0 Å². The number of likely N-dealkylation sites (tertiary alicyclic amines) is 1. The fourth-order valence-corrected chi connectivity index (χ4v) is 3.98. The van der Waals surface area contributed by atoms with Gasteiger partial charge >= 0.3 is 0 Å². The summed E-state index contributed by atoms with van der Waals surface area (Å²) in [6, 6.07) is 2.06. The number of carbonyl (C=O) groups is 1. The highest BCUT2D eigenvalue weighted by Gasteiger charge is 2.24. The molecule has 156 valence electrons. The van der Waals surface area contributed by atoms with Gasteiger partial charge in [0.1, 0.15) is 11.5 Å². The molecule has 3 rings (SSSR count). The fourth-order valence-electron chi connectivity index (χ4n) is 3.98. The van der Waals surface area contributed by atoms with E-state index in [1.54, 1.807) is 0 Å². The van der Waals surface area contributed by atoms with Gasteiger partial charge in [0.05, 0.1) is 13.1 Å². The number of aliphatic imine (C=N–C) groups is 1. The number of hydrogen-bond acceptors (Lipinski definition) is 4. The first-order valence-corrected chi connectivity index (χ1v) is 10.7. The first kappa shape index (κ1) is 20.7. The first-order chi connectivity index (χ1) is 13.6. The Kier molecular flexibility index (Phi) is 7.36. The Balaban J connectivity index is 1.51. The molecule has 0 atom stereocenters. The number of aryl methyl sites for hydroxylation is 2. The van der Waals surface area contributed by atoms with Crippen molar-refractivity contribution in [1.82, 2.24) is 20.0 Å². The van der Waals surface area contributed by atoms with Crippen LogP contribution < -0.4 is 5.32 Å². The summed E-state index contributed by atoms with van der Waals surface area (Å²) < 4.78 is 5.61. The Bertz CT molecular complexity index is 670. The molecule has 1 N–H and O–H groups in total. The molecule has 0 radical (unpaired) electrons. The largest absolute Gasteiger partial charge is 0.466 e. The molecule has 7 heteroatoms. The normalized spacial score (nSPS) is 19.2. The second-order valence-corrected chi connectivity index (χ2v) is 7.81. The summed E-state index contributed by atoms with van der Waals surface area (Å²) in [6.07, 6.45) is 3.56. The molecular formula is C21H35N5O2. The SMILES string of the molecule is CCNC(=NCc1cc(C)oc1C)N1CCN(CC(=O)N2CCCCC2)CC1. The Morgan fingerprint density at radius 2 is 1.79 bits per heavy atom. The van der Waals surface area contributed by atoms with Crippen molar-refractivity contribution in [3.63, 3.8) is 0 Å². The molecular weight excluding hydrogens is 354 g/mol. The van der Waals surface area contributed by atoms with Gasteiger partial charge in [-0.1, -0.05) is 0 Å². The van der Waals surface area contributed by atoms with Gasteiger partial charge in [-0.15, -0.1) is 0 Å². The van der Waals surface area contributed by atoms with Crippen LogP contribution in [0, 0.1) is 13.8 Å². The van der Waals surface area contributed by atoms with E-state index in [9.17, 15) is 4.79 Å². The summed E-state index contributed by atoms with van der Waals surface area (Å²) in [5.74, 6) is 3.11. The van der Waals surface area contributed by atoms with Crippen molar-refractivity contribution >= 4 is 11.9 Å².